The van der Waals surface area contributed by atoms with E-state index in [0.717, 1.165) is 10.6 Å². The number of hydrogen-bond donors (Lipinski definition) is 0. The molecule has 1 aromatic heterocycles. The SMILES string of the molecule is CC(=O)N(Cc1cccnc1)N=O. The third kappa shape index (κ3) is 2.62. The molecule has 1 heterocycles. The molecular formula is C8H9N3O2. The molecule has 0 aliphatic heterocycles. The monoisotopic (exact) mass is 179 g/mol. The second kappa shape index (κ2) is 4.30. The number of nitrogens with zero attached hydrogens (tertiary/aromatic N) is 3. The molecular weight excluding hydrogens is 170 g/mol. The molecule has 0 saturated carbocycles. The highest BCUT2D eigenvalue weighted by atomic mass is 16.3. The van der Waals surface area contributed by atoms with E-state index in [1.165, 1.54) is 6.92 Å². The predicted molar refractivity (Wildman–Crippen MR) is 46.3 cm³/mol. The van der Waals surface area contributed by atoms with Crippen molar-refractivity contribution in [2.24, 2.45) is 5.29 Å². The molecule has 5 nitrogen and oxygen atoms in total. The van der Waals surface area contributed by atoms with Gasteiger partial charge in [-0.2, -0.15) is 5.01 Å². The summed E-state index contributed by atoms with van der Waals surface area (Å²) in [4.78, 5) is 24.8. The van der Waals surface area contributed by atoms with Gasteiger partial charge in [-0.05, 0) is 11.6 Å². The smallest absolute Gasteiger partial charge is 0.242 e. The molecule has 0 N–H and O–H groups in total. The first-order valence-electron chi connectivity index (χ1n) is 3.74. The molecule has 1 amide bonds. The van der Waals surface area contributed by atoms with Crippen LogP contribution >= 0.6 is 0 Å². The fourth-order valence-electron chi connectivity index (χ4n) is 0.862. The Morgan fingerprint density at radius 2 is 2.46 bits per heavy atom. The lowest BCUT2D eigenvalue weighted by molar-refractivity contribution is -0.129. The van der Waals surface area contributed by atoms with Crippen molar-refractivity contribution >= 4 is 5.91 Å². The van der Waals surface area contributed by atoms with Crippen LogP contribution in [0.15, 0.2) is 29.8 Å². The van der Waals surface area contributed by atoms with Gasteiger partial charge in [0.25, 0.3) is 0 Å². The predicted octanol–water partition coefficient (Wildman–Crippen LogP) is 1.11. The second-order valence-corrected chi connectivity index (χ2v) is 2.52. The molecule has 0 aromatic carbocycles. The van der Waals surface area contributed by atoms with Gasteiger partial charge < -0.3 is 0 Å². The van der Waals surface area contributed by atoms with Crippen LogP contribution in [0.25, 0.3) is 0 Å². The van der Waals surface area contributed by atoms with Gasteiger partial charge in [0.15, 0.2) is 0 Å². The van der Waals surface area contributed by atoms with E-state index in [4.69, 9.17) is 0 Å². The van der Waals surface area contributed by atoms with E-state index in [1.54, 1.807) is 24.5 Å². The van der Waals surface area contributed by atoms with Crippen LogP contribution in [-0.4, -0.2) is 15.9 Å². The van der Waals surface area contributed by atoms with Crippen LogP contribution in [0.2, 0.25) is 0 Å². The zero-order chi connectivity index (χ0) is 9.68. The van der Waals surface area contributed by atoms with Crippen molar-refractivity contribution in [3.63, 3.8) is 0 Å². The van der Waals surface area contributed by atoms with E-state index >= 15 is 0 Å². The van der Waals surface area contributed by atoms with Gasteiger partial charge in [0, 0.05) is 19.3 Å². The maximum absolute atomic E-state index is 10.8. The highest BCUT2D eigenvalue weighted by Gasteiger charge is 2.08. The molecule has 0 saturated heterocycles. The first kappa shape index (κ1) is 9.31. The summed E-state index contributed by atoms with van der Waals surface area (Å²) < 4.78 is 0. The van der Waals surface area contributed by atoms with Gasteiger partial charge in [-0.25, -0.2) is 0 Å². The summed E-state index contributed by atoms with van der Waals surface area (Å²) in [6.07, 6.45) is 3.21. The normalized spacial score (nSPS) is 9.31. The Balaban J connectivity index is 2.67. The van der Waals surface area contributed by atoms with Crippen LogP contribution in [0, 0.1) is 4.91 Å². The molecule has 13 heavy (non-hydrogen) atoms. The number of amides is 1. The van der Waals surface area contributed by atoms with Crippen molar-refractivity contribution in [3.05, 3.63) is 35.0 Å². The lowest BCUT2D eigenvalue weighted by Crippen LogP contribution is -2.21. The van der Waals surface area contributed by atoms with Crippen LogP contribution in [-0.2, 0) is 11.3 Å². The van der Waals surface area contributed by atoms with E-state index in [9.17, 15) is 9.70 Å². The third-order valence-corrected chi connectivity index (χ3v) is 1.52. The molecule has 0 aliphatic carbocycles. The van der Waals surface area contributed by atoms with E-state index in [1.807, 2.05) is 0 Å². The fraction of sp³-hybridized carbons (Fsp3) is 0.250. The molecule has 1 rings (SSSR count). The quantitative estimate of drug-likeness (QED) is 0.515. The summed E-state index contributed by atoms with van der Waals surface area (Å²) >= 11 is 0. The summed E-state index contributed by atoms with van der Waals surface area (Å²) in [5, 5.41) is 3.43. The van der Waals surface area contributed by atoms with Crippen molar-refractivity contribution in [2.75, 3.05) is 0 Å². The van der Waals surface area contributed by atoms with Crippen LogP contribution in [0.1, 0.15) is 12.5 Å². The van der Waals surface area contributed by atoms with Gasteiger partial charge in [-0.15, -0.1) is 4.91 Å². The zero-order valence-electron chi connectivity index (χ0n) is 7.17. The van der Waals surface area contributed by atoms with Crippen molar-refractivity contribution in [2.45, 2.75) is 13.5 Å². The van der Waals surface area contributed by atoms with E-state index in [0.29, 0.717) is 0 Å². The highest BCUT2D eigenvalue weighted by molar-refractivity contribution is 5.72. The summed E-state index contributed by atoms with van der Waals surface area (Å²) in [5.41, 5.74) is 0.775. The Morgan fingerprint density at radius 1 is 1.69 bits per heavy atom. The van der Waals surface area contributed by atoms with Gasteiger partial charge in [-0.1, -0.05) is 6.07 Å². The topological polar surface area (TPSA) is 62.6 Å². The van der Waals surface area contributed by atoms with Crippen LogP contribution in [0.4, 0.5) is 0 Å². The summed E-state index contributed by atoms with van der Waals surface area (Å²) in [6, 6.07) is 3.51. The van der Waals surface area contributed by atoms with Crippen molar-refractivity contribution in [1.29, 1.82) is 0 Å². The average molecular weight is 179 g/mol. The Hall–Kier alpha value is -1.78. The molecule has 0 spiro atoms. The maximum atomic E-state index is 10.8. The molecule has 0 atom stereocenters. The second-order valence-electron chi connectivity index (χ2n) is 2.52. The van der Waals surface area contributed by atoms with Crippen molar-refractivity contribution in [3.8, 4) is 0 Å². The van der Waals surface area contributed by atoms with E-state index < -0.39 is 0 Å². The number of carbonyl (C=O) groups excluding carboxylic acids is 1. The Bertz CT molecular complexity index is 300. The Labute approximate surface area is 75.3 Å². The number of nitroso groups, excluding NO2 is 1. The lowest BCUT2D eigenvalue weighted by atomic mass is 10.3. The van der Waals surface area contributed by atoms with Gasteiger partial charge in [-0.3, -0.25) is 9.78 Å². The van der Waals surface area contributed by atoms with Gasteiger partial charge in [0.05, 0.1) is 11.8 Å². The molecule has 68 valence electrons. The number of rotatable bonds is 3. The number of carbonyl (C=O) groups is 1. The number of hydrogen-bond acceptors (Lipinski definition) is 4. The Morgan fingerprint density at radius 3 is 2.92 bits per heavy atom. The van der Waals surface area contributed by atoms with Gasteiger partial charge in [0.1, 0.15) is 0 Å². The molecule has 1 aromatic rings. The lowest BCUT2D eigenvalue weighted by Gasteiger charge is -2.09. The molecule has 0 aliphatic rings. The highest BCUT2D eigenvalue weighted by Crippen LogP contribution is 2.02. The van der Waals surface area contributed by atoms with Crippen LogP contribution < -0.4 is 0 Å². The molecule has 0 bridgehead atoms. The Kier molecular flexibility index (Phi) is 3.08. The van der Waals surface area contributed by atoms with E-state index in [-0.39, 0.29) is 12.5 Å². The zero-order valence-corrected chi connectivity index (χ0v) is 7.17. The summed E-state index contributed by atoms with van der Waals surface area (Å²) in [5.74, 6) is -0.376. The molecule has 0 fully saturated rings. The maximum Gasteiger partial charge on any atom is 0.242 e. The van der Waals surface area contributed by atoms with Gasteiger partial charge >= 0.3 is 0 Å². The molecule has 0 unspecified atom stereocenters. The van der Waals surface area contributed by atoms with Crippen LogP contribution in [0.3, 0.4) is 0 Å². The van der Waals surface area contributed by atoms with Gasteiger partial charge in [0.2, 0.25) is 5.91 Å². The number of pyridine rings is 1. The largest absolute Gasteiger partial charge is 0.273 e. The van der Waals surface area contributed by atoms with Crippen LogP contribution in [0.5, 0.6) is 0 Å². The standard InChI is InChI=1S/C8H9N3O2/c1-7(12)11(10-13)6-8-3-2-4-9-5-8/h2-5H,6H2,1H3. The minimum absolute atomic E-state index is 0.173. The van der Waals surface area contributed by atoms with E-state index in [2.05, 4.69) is 10.3 Å². The summed E-state index contributed by atoms with van der Waals surface area (Å²) in [6.45, 7) is 1.46. The first-order valence-corrected chi connectivity index (χ1v) is 3.74. The molecule has 0 radical (unpaired) electrons. The minimum atomic E-state index is -0.376. The first-order chi connectivity index (χ1) is 6.24. The fourth-order valence-corrected chi connectivity index (χ4v) is 0.862. The van der Waals surface area contributed by atoms with Crippen molar-refractivity contribution in [1.82, 2.24) is 9.99 Å². The number of aromatic nitrogens is 1. The molecule has 5 heteroatoms. The summed E-state index contributed by atoms with van der Waals surface area (Å²) in [7, 11) is 0. The minimum Gasteiger partial charge on any atom is -0.273 e. The average Bonchev–Trinajstić information content (AvgIpc) is 2.15. The third-order valence-electron chi connectivity index (χ3n) is 1.52. The van der Waals surface area contributed by atoms with Crippen molar-refractivity contribution < 1.29 is 4.79 Å².